The second-order valence-corrected chi connectivity index (χ2v) is 4.90. The zero-order valence-electron chi connectivity index (χ0n) is 10.2. The highest BCUT2D eigenvalue weighted by atomic mass is 79.9. The minimum Gasteiger partial charge on any atom is -0.305 e. The van der Waals surface area contributed by atoms with Crippen molar-refractivity contribution in [1.29, 1.82) is 0 Å². The van der Waals surface area contributed by atoms with Crippen LogP contribution in [0.1, 0.15) is 19.4 Å². The number of carbonyl (C=O) groups excluding carboxylic acids is 1. The van der Waals surface area contributed by atoms with Gasteiger partial charge in [0.05, 0.1) is 10.9 Å². The molecule has 0 heterocycles. The molecule has 0 aliphatic carbocycles. The summed E-state index contributed by atoms with van der Waals surface area (Å²) in [5.74, 6) is 0.181. The van der Waals surface area contributed by atoms with E-state index in [0.717, 1.165) is 13.0 Å². The van der Waals surface area contributed by atoms with E-state index in [-0.39, 0.29) is 22.8 Å². The summed E-state index contributed by atoms with van der Waals surface area (Å²) in [7, 11) is 0. The molecular weight excluding hydrogens is 346 g/mol. The summed E-state index contributed by atoms with van der Waals surface area (Å²) >= 11 is 3.20. The summed E-state index contributed by atoms with van der Waals surface area (Å²) in [6.07, 6.45) is 0.944. The van der Waals surface area contributed by atoms with Crippen LogP contribution in [0.25, 0.3) is 0 Å². The van der Waals surface area contributed by atoms with Crippen LogP contribution >= 0.6 is 32.9 Å². The molecule has 4 heteroatoms. The molecule has 0 bridgehead atoms. The highest BCUT2D eigenvalue weighted by Crippen LogP contribution is 2.06. The molecule has 0 aromatic heterocycles. The van der Waals surface area contributed by atoms with Crippen LogP contribution in [0.3, 0.4) is 0 Å². The topological polar surface area (TPSA) is 29.1 Å². The molecule has 0 saturated heterocycles. The lowest BCUT2D eigenvalue weighted by Gasteiger charge is -2.23. The molecule has 2 nitrogen and oxygen atoms in total. The Morgan fingerprint density at radius 1 is 1.29 bits per heavy atom. The predicted octanol–water partition coefficient (Wildman–Crippen LogP) is 3.14. The second kappa shape index (κ2) is 8.01. The van der Waals surface area contributed by atoms with Crippen molar-refractivity contribution in [2.45, 2.75) is 25.8 Å². The lowest BCUT2D eigenvalue weighted by Crippen LogP contribution is -2.48. The van der Waals surface area contributed by atoms with Crippen molar-refractivity contribution in [2.75, 3.05) is 11.9 Å². The first-order valence-electron chi connectivity index (χ1n) is 5.44. The monoisotopic (exact) mass is 363 g/mol. The van der Waals surface area contributed by atoms with Crippen LogP contribution in [0.2, 0.25) is 0 Å². The molecule has 17 heavy (non-hydrogen) atoms. The fourth-order valence-corrected chi connectivity index (χ4v) is 2.13. The summed E-state index contributed by atoms with van der Waals surface area (Å²) in [6.45, 7) is 4.65. The fourth-order valence-electron chi connectivity index (χ4n) is 1.43. The van der Waals surface area contributed by atoms with E-state index < -0.39 is 5.54 Å². The number of benzene rings is 1. The number of rotatable bonds is 6. The van der Waals surface area contributed by atoms with E-state index in [1.807, 2.05) is 32.0 Å². The Hall–Kier alpha value is -0.190. The number of halogens is 2. The maximum Gasteiger partial charge on any atom is 0.162 e. The number of Topliss-reactive ketones (excluding diaryl/α,β-unsaturated/α-hetero) is 1. The molecule has 96 valence electrons. The molecule has 0 aliphatic rings. The van der Waals surface area contributed by atoms with E-state index in [1.54, 1.807) is 0 Å². The number of alkyl halides is 1. The Morgan fingerprint density at radius 2 is 1.88 bits per heavy atom. The van der Waals surface area contributed by atoms with E-state index in [1.165, 1.54) is 5.56 Å². The van der Waals surface area contributed by atoms with Gasteiger partial charge in [0, 0.05) is 6.54 Å². The van der Waals surface area contributed by atoms with Gasteiger partial charge in [-0.05, 0) is 25.8 Å². The summed E-state index contributed by atoms with van der Waals surface area (Å²) in [6, 6.07) is 10.3. The first-order chi connectivity index (χ1) is 7.56. The van der Waals surface area contributed by atoms with Crippen LogP contribution in [-0.4, -0.2) is 23.2 Å². The van der Waals surface area contributed by atoms with Crippen LogP contribution in [0.15, 0.2) is 30.3 Å². The largest absolute Gasteiger partial charge is 0.305 e. The molecule has 0 fully saturated rings. The van der Waals surface area contributed by atoms with Gasteiger partial charge in [0.25, 0.3) is 0 Å². The molecule has 0 spiro atoms. The van der Waals surface area contributed by atoms with Crippen molar-refractivity contribution < 1.29 is 4.79 Å². The molecule has 0 amide bonds. The molecule has 0 saturated carbocycles. The highest BCUT2D eigenvalue weighted by Gasteiger charge is 2.24. The van der Waals surface area contributed by atoms with Gasteiger partial charge in [-0.3, -0.25) is 4.79 Å². The number of hydrogen-bond acceptors (Lipinski definition) is 2. The maximum absolute atomic E-state index is 11.6. The first-order valence-corrected chi connectivity index (χ1v) is 6.56. The predicted molar refractivity (Wildman–Crippen MR) is 81.4 cm³/mol. The third kappa shape index (κ3) is 5.80. The van der Waals surface area contributed by atoms with Crippen LogP contribution in [0.4, 0.5) is 0 Å². The zero-order valence-corrected chi connectivity index (χ0v) is 13.5. The molecule has 1 N–H and O–H groups in total. The van der Waals surface area contributed by atoms with Crippen molar-refractivity contribution in [3.05, 3.63) is 35.9 Å². The van der Waals surface area contributed by atoms with Gasteiger partial charge in [0.2, 0.25) is 0 Å². The normalized spacial score (nSPS) is 10.8. The molecular formula is C13H19Br2NO. The zero-order chi connectivity index (χ0) is 12.0. The van der Waals surface area contributed by atoms with Crippen molar-refractivity contribution in [2.24, 2.45) is 0 Å². The van der Waals surface area contributed by atoms with Gasteiger partial charge in [0.1, 0.15) is 0 Å². The summed E-state index contributed by atoms with van der Waals surface area (Å²) in [5.41, 5.74) is 0.843. The van der Waals surface area contributed by atoms with Gasteiger partial charge in [-0.1, -0.05) is 46.3 Å². The average molecular weight is 365 g/mol. The van der Waals surface area contributed by atoms with E-state index in [9.17, 15) is 4.79 Å². The molecule has 0 atom stereocenters. The number of nitrogens with one attached hydrogen (secondary N) is 1. The first kappa shape index (κ1) is 16.8. The summed E-state index contributed by atoms with van der Waals surface area (Å²) < 4.78 is 0. The lowest BCUT2D eigenvalue weighted by molar-refractivity contribution is -0.121. The lowest BCUT2D eigenvalue weighted by atomic mass is 10.00. The van der Waals surface area contributed by atoms with Gasteiger partial charge in [0.15, 0.2) is 5.78 Å². The highest BCUT2D eigenvalue weighted by molar-refractivity contribution is 9.09. The van der Waals surface area contributed by atoms with Gasteiger partial charge in [-0.15, -0.1) is 17.0 Å². The molecule has 1 aromatic rings. The Bertz CT molecular complexity index is 339. The minimum atomic E-state index is -0.446. The van der Waals surface area contributed by atoms with Gasteiger partial charge in [-0.2, -0.15) is 0 Å². The molecule has 0 unspecified atom stereocenters. The Kier molecular flexibility index (Phi) is 7.92. The third-order valence-electron chi connectivity index (χ3n) is 2.64. The molecule has 0 aliphatic heterocycles. The molecule has 0 radical (unpaired) electrons. The fraction of sp³-hybridized carbons (Fsp3) is 0.462. The van der Waals surface area contributed by atoms with E-state index in [4.69, 9.17) is 0 Å². The van der Waals surface area contributed by atoms with Crippen molar-refractivity contribution >= 4 is 38.7 Å². The standard InChI is InChI=1S/C13H18BrNO.BrH/c1-13(2,12(16)10-14)15-9-8-11-6-4-3-5-7-11;/h3-7,15H,8-10H2,1-2H3;1H. The summed E-state index contributed by atoms with van der Waals surface area (Å²) in [5, 5.41) is 3.68. The Labute approximate surface area is 122 Å². The van der Waals surface area contributed by atoms with Crippen molar-refractivity contribution in [3.8, 4) is 0 Å². The maximum atomic E-state index is 11.6. The van der Waals surface area contributed by atoms with Crippen LogP contribution in [-0.2, 0) is 11.2 Å². The summed E-state index contributed by atoms with van der Waals surface area (Å²) in [4.78, 5) is 11.6. The van der Waals surface area contributed by atoms with Gasteiger partial charge < -0.3 is 5.32 Å². The number of hydrogen-bond donors (Lipinski definition) is 1. The minimum absolute atomic E-state index is 0. The van der Waals surface area contributed by atoms with Crippen LogP contribution < -0.4 is 5.32 Å². The van der Waals surface area contributed by atoms with E-state index in [0.29, 0.717) is 5.33 Å². The quantitative estimate of drug-likeness (QED) is 0.785. The van der Waals surface area contributed by atoms with Crippen molar-refractivity contribution in [3.63, 3.8) is 0 Å². The second-order valence-electron chi connectivity index (χ2n) is 4.34. The van der Waals surface area contributed by atoms with E-state index in [2.05, 4.69) is 33.4 Å². The SMILES string of the molecule is Br.CC(C)(NCCc1ccccc1)C(=O)CBr. The number of ketones is 1. The van der Waals surface area contributed by atoms with Gasteiger partial charge in [-0.25, -0.2) is 0 Å². The van der Waals surface area contributed by atoms with Gasteiger partial charge >= 0.3 is 0 Å². The van der Waals surface area contributed by atoms with Crippen LogP contribution in [0.5, 0.6) is 0 Å². The smallest absolute Gasteiger partial charge is 0.162 e. The molecule has 1 rings (SSSR count). The molecule has 1 aromatic carbocycles. The van der Waals surface area contributed by atoms with Crippen molar-refractivity contribution in [1.82, 2.24) is 5.32 Å². The van der Waals surface area contributed by atoms with Crippen LogP contribution in [0, 0.1) is 0 Å². The third-order valence-corrected chi connectivity index (χ3v) is 3.15. The Morgan fingerprint density at radius 3 is 2.41 bits per heavy atom. The number of carbonyl (C=O) groups is 1. The average Bonchev–Trinajstić information content (AvgIpc) is 2.29. The Balaban J connectivity index is 0.00000256. The van der Waals surface area contributed by atoms with E-state index >= 15 is 0 Å².